The number of nitriles is 1. The van der Waals surface area contributed by atoms with Crippen LogP contribution in [0.4, 0.5) is 0 Å². The molecule has 2 aliphatic rings. The molecule has 0 aromatic carbocycles. The van der Waals surface area contributed by atoms with E-state index in [1.165, 1.54) is 51.6 Å². The largest absolute Gasteiger partial charge is 0.302 e. The molecule has 1 aliphatic carbocycles. The molecule has 0 aromatic rings. The quantitative estimate of drug-likeness (QED) is 0.832. The molecule has 1 aliphatic heterocycles. The molecule has 2 rings (SSSR count). The third-order valence-corrected chi connectivity index (χ3v) is 5.17. The van der Waals surface area contributed by atoms with Gasteiger partial charge in [-0.15, -0.1) is 0 Å². The number of hydrogen-bond donors (Lipinski definition) is 1. The Labute approximate surface area is 112 Å². The number of likely N-dealkylation sites (tertiary alicyclic amines) is 1. The third kappa shape index (κ3) is 2.70. The van der Waals surface area contributed by atoms with E-state index in [0.717, 1.165) is 12.5 Å². The summed E-state index contributed by atoms with van der Waals surface area (Å²) in [6.07, 6.45) is 8.72. The lowest BCUT2D eigenvalue weighted by atomic mass is 9.85. The van der Waals surface area contributed by atoms with E-state index in [2.05, 4.69) is 23.2 Å². The monoisotopic (exact) mass is 249 g/mol. The molecule has 1 saturated heterocycles. The van der Waals surface area contributed by atoms with Gasteiger partial charge in [0.1, 0.15) is 5.54 Å². The van der Waals surface area contributed by atoms with E-state index in [-0.39, 0.29) is 5.54 Å². The van der Waals surface area contributed by atoms with Crippen molar-refractivity contribution in [1.82, 2.24) is 10.2 Å². The van der Waals surface area contributed by atoms with Crippen molar-refractivity contribution in [3.05, 3.63) is 0 Å². The molecule has 3 unspecified atom stereocenters. The zero-order valence-electron chi connectivity index (χ0n) is 11.9. The summed E-state index contributed by atoms with van der Waals surface area (Å²) in [5, 5.41) is 12.7. The molecule has 18 heavy (non-hydrogen) atoms. The summed E-state index contributed by atoms with van der Waals surface area (Å²) >= 11 is 0. The molecule has 0 bridgehead atoms. The Morgan fingerprint density at radius 1 is 1.33 bits per heavy atom. The van der Waals surface area contributed by atoms with Crippen molar-refractivity contribution in [3.63, 3.8) is 0 Å². The predicted molar refractivity (Wildman–Crippen MR) is 74.2 cm³/mol. The van der Waals surface area contributed by atoms with E-state index < -0.39 is 0 Å². The number of rotatable bonds is 4. The second-order valence-corrected chi connectivity index (χ2v) is 6.09. The van der Waals surface area contributed by atoms with Gasteiger partial charge in [0.2, 0.25) is 0 Å². The van der Waals surface area contributed by atoms with Gasteiger partial charge >= 0.3 is 0 Å². The molecule has 102 valence electrons. The number of hydrogen-bond acceptors (Lipinski definition) is 3. The summed E-state index contributed by atoms with van der Waals surface area (Å²) in [5.74, 6) is 0.543. The van der Waals surface area contributed by atoms with Gasteiger partial charge < -0.3 is 10.2 Å². The molecule has 3 atom stereocenters. The minimum absolute atomic E-state index is 0.237. The molecule has 3 heteroatoms. The van der Waals surface area contributed by atoms with Crippen molar-refractivity contribution in [3.8, 4) is 6.07 Å². The Balaban J connectivity index is 1.87. The van der Waals surface area contributed by atoms with Crippen LogP contribution in [-0.4, -0.2) is 36.6 Å². The number of piperidine rings is 1. The van der Waals surface area contributed by atoms with E-state index in [4.69, 9.17) is 0 Å². The maximum Gasteiger partial charge on any atom is 0.109 e. The Morgan fingerprint density at radius 2 is 2.17 bits per heavy atom. The molecule has 1 N–H and O–H groups in total. The maximum absolute atomic E-state index is 9.45. The van der Waals surface area contributed by atoms with Crippen LogP contribution < -0.4 is 5.32 Å². The lowest BCUT2D eigenvalue weighted by molar-refractivity contribution is 0.143. The second-order valence-electron chi connectivity index (χ2n) is 6.09. The van der Waals surface area contributed by atoms with Crippen LogP contribution in [0.1, 0.15) is 51.9 Å². The molecule has 2 fully saturated rings. The first kappa shape index (κ1) is 13.8. The van der Waals surface area contributed by atoms with Crippen LogP contribution in [0.2, 0.25) is 0 Å². The predicted octanol–water partition coefficient (Wildman–Crippen LogP) is 2.53. The Kier molecular flexibility index (Phi) is 4.64. The zero-order valence-corrected chi connectivity index (χ0v) is 11.9. The molecule has 0 aromatic heterocycles. The summed E-state index contributed by atoms with van der Waals surface area (Å²) in [6, 6.07) is 3.29. The summed E-state index contributed by atoms with van der Waals surface area (Å²) < 4.78 is 0. The van der Waals surface area contributed by atoms with E-state index in [1.54, 1.807) is 0 Å². The Morgan fingerprint density at radius 3 is 2.83 bits per heavy atom. The van der Waals surface area contributed by atoms with Crippen LogP contribution in [-0.2, 0) is 0 Å². The van der Waals surface area contributed by atoms with Crippen LogP contribution in [0, 0.1) is 17.2 Å². The molecule has 0 spiro atoms. The van der Waals surface area contributed by atoms with Gasteiger partial charge in [0.15, 0.2) is 0 Å². The fourth-order valence-corrected chi connectivity index (χ4v) is 3.81. The first-order valence-electron chi connectivity index (χ1n) is 7.56. The van der Waals surface area contributed by atoms with E-state index >= 15 is 0 Å². The fraction of sp³-hybridized carbons (Fsp3) is 0.933. The number of nitrogens with one attached hydrogen (secondary N) is 1. The van der Waals surface area contributed by atoms with Crippen LogP contribution in [0.25, 0.3) is 0 Å². The van der Waals surface area contributed by atoms with Crippen molar-refractivity contribution in [2.75, 3.05) is 20.1 Å². The van der Waals surface area contributed by atoms with Gasteiger partial charge in [0.05, 0.1) is 6.07 Å². The SMILES string of the molecule is CNC1(C#N)CCCC1CCN1CCCCC1C. The summed E-state index contributed by atoms with van der Waals surface area (Å²) in [7, 11) is 1.95. The van der Waals surface area contributed by atoms with Gasteiger partial charge in [-0.1, -0.05) is 12.8 Å². The zero-order chi connectivity index (χ0) is 13.0. The highest BCUT2D eigenvalue weighted by Gasteiger charge is 2.41. The average molecular weight is 249 g/mol. The first-order chi connectivity index (χ1) is 8.72. The van der Waals surface area contributed by atoms with Gasteiger partial charge in [-0.2, -0.15) is 5.26 Å². The van der Waals surface area contributed by atoms with Gasteiger partial charge in [-0.05, 0) is 65.1 Å². The van der Waals surface area contributed by atoms with Gasteiger partial charge in [-0.3, -0.25) is 0 Å². The number of nitrogens with zero attached hydrogens (tertiary/aromatic N) is 2. The lowest BCUT2D eigenvalue weighted by Gasteiger charge is -2.36. The van der Waals surface area contributed by atoms with Crippen molar-refractivity contribution in [1.29, 1.82) is 5.26 Å². The van der Waals surface area contributed by atoms with Gasteiger partial charge in [0, 0.05) is 6.04 Å². The normalized spacial score (nSPS) is 37.6. The van der Waals surface area contributed by atoms with Crippen LogP contribution in [0.3, 0.4) is 0 Å². The average Bonchev–Trinajstić information content (AvgIpc) is 2.81. The highest BCUT2D eigenvalue weighted by atomic mass is 15.2. The minimum Gasteiger partial charge on any atom is -0.302 e. The van der Waals surface area contributed by atoms with E-state index in [1.807, 2.05) is 7.05 Å². The lowest BCUT2D eigenvalue weighted by Crippen LogP contribution is -2.46. The highest BCUT2D eigenvalue weighted by Crippen LogP contribution is 2.37. The Bertz CT molecular complexity index is 309. The van der Waals surface area contributed by atoms with E-state index in [0.29, 0.717) is 5.92 Å². The smallest absolute Gasteiger partial charge is 0.109 e. The maximum atomic E-state index is 9.45. The fourth-order valence-electron chi connectivity index (χ4n) is 3.81. The highest BCUT2D eigenvalue weighted by molar-refractivity contribution is 5.13. The first-order valence-corrected chi connectivity index (χ1v) is 7.56. The summed E-state index contributed by atoms with van der Waals surface area (Å²) in [4.78, 5) is 2.62. The van der Waals surface area contributed by atoms with Crippen molar-refractivity contribution >= 4 is 0 Å². The molecular formula is C15H27N3. The van der Waals surface area contributed by atoms with Crippen LogP contribution in [0.5, 0.6) is 0 Å². The Hall–Kier alpha value is -0.590. The summed E-state index contributed by atoms with van der Waals surface area (Å²) in [6.45, 7) is 4.79. The third-order valence-electron chi connectivity index (χ3n) is 5.17. The molecular weight excluding hydrogens is 222 g/mol. The standard InChI is InChI=1S/C15H27N3/c1-13-6-3-4-10-18(13)11-8-14-7-5-9-15(14,12-16)17-2/h13-14,17H,3-11H2,1-2H3. The van der Waals surface area contributed by atoms with Crippen molar-refractivity contribution in [2.24, 2.45) is 5.92 Å². The van der Waals surface area contributed by atoms with Crippen molar-refractivity contribution in [2.45, 2.75) is 63.5 Å². The topological polar surface area (TPSA) is 39.1 Å². The van der Waals surface area contributed by atoms with Crippen LogP contribution in [0.15, 0.2) is 0 Å². The van der Waals surface area contributed by atoms with E-state index in [9.17, 15) is 5.26 Å². The van der Waals surface area contributed by atoms with Gasteiger partial charge in [-0.25, -0.2) is 0 Å². The minimum atomic E-state index is -0.237. The molecule has 3 nitrogen and oxygen atoms in total. The van der Waals surface area contributed by atoms with Crippen LogP contribution >= 0.6 is 0 Å². The summed E-state index contributed by atoms with van der Waals surface area (Å²) in [5.41, 5.74) is -0.237. The molecule has 0 radical (unpaired) electrons. The van der Waals surface area contributed by atoms with Crippen molar-refractivity contribution < 1.29 is 0 Å². The molecule has 1 heterocycles. The second kappa shape index (κ2) is 6.04. The molecule has 1 saturated carbocycles. The molecule has 0 amide bonds. The van der Waals surface area contributed by atoms with Gasteiger partial charge in [0.25, 0.3) is 0 Å².